The summed E-state index contributed by atoms with van der Waals surface area (Å²) in [5.74, 6) is 0.563. The molecule has 0 amide bonds. The van der Waals surface area contributed by atoms with Crippen molar-refractivity contribution in [3.05, 3.63) is 54.7 Å². The van der Waals surface area contributed by atoms with Gasteiger partial charge in [-0.2, -0.15) is 5.26 Å². The van der Waals surface area contributed by atoms with Gasteiger partial charge in [-0.25, -0.2) is 0 Å². The molecule has 1 N–H and O–H groups in total. The highest BCUT2D eigenvalue weighted by Gasteiger charge is 2.09. The van der Waals surface area contributed by atoms with Gasteiger partial charge in [0.2, 0.25) is 0 Å². The molecular weight excluding hydrogens is 504 g/mol. The van der Waals surface area contributed by atoms with E-state index in [1.54, 1.807) is 12.1 Å². The fourth-order valence-corrected chi connectivity index (χ4v) is 2.90. The standard InChI is InChI=1S/C17H13I2NO2/c1-2-22-16-9-11(8-15(19)17(16)21)7-13(10-20)12-3-5-14(18)6-4-12/h3-9,21H,2H2,1H3/b13-7-. The van der Waals surface area contributed by atoms with E-state index in [2.05, 4.69) is 28.7 Å². The maximum Gasteiger partial charge on any atom is 0.171 e. The summed E-state index contributed by atoms with van der Waals surface area (Å²) in [6.45, 7) is 2.33. The van der Waals surface area contributed by atoms with Crippen molar-refractivity contribution in [1.29, 1.82) is 5.26 Å². The number of halogens is 2. The highest BCUT2D eigenvalue weighted by molar-refractivity contribution is 14.1. The molecular formula is C17H13I2NO2. The Balaban J connectivity index is 2.46. The Labute approximate surface area is 156 Å². The third-order valence-electron chi connectivity index (χ3n) is 2.94. The summed E-state index contributed by atoms with van der Waals surface area (Å²) in [5, 5.41) is 19.4. The number of hydrogen-bond acceptors (Lipinski definition) is 3. The van der Waals surface area contributed by atoms with Crippen molar-refractivity contribution < 1.29 is 9.84 Å². The molecule has 0 fully saturated rings. The summed E-state index contributed by atoms with van der Waals surface area (Å²) in [6.07, 6.45) is 1.80. The van der Waals surface area contributed by atoms with Gasteiger partial charge in [-0.15, -0.1) is 0 Å². The number of phenols is 1. The Morgan fingerprint density at radius 3 is 2.55 bits per heavy atom. The van der Waals surface area contributed by atoms with Gasteiger partial charge in [0.1, 0.15) is 0 Å². The minimum Gasteiger partial charge on any atom is -0.504 e. The first-order valence-electron chi connectivity index (χ1n) is 6.58. The molecule has 0 aliphatic rings. The minimum atomic E-state index is 0.132. The number of rotatable bonds is 4. The van der Waals surface area contributed by atoms with Gasteiger partial charge in [-0.3, -0.25) is 0 Å². The summed E-state index contributed by atoms with van der Waals surface area (Å²) in [5.41, 5.74) is 2.25. The fraction of sp³-hybridized carbons (Fsp3) is 0.118. The molecule has 3 nitrogen and oxygen atoms in total. The molecule has 0 heterocycles. The van der Waals surface area contributed by atoms with Gasteiger partial charge in [0, 0.05) is 3.57 Å². The lowest BCUT2D eigenvalue weighted by molar-refractivity contribution is 0.317. The summed E-state index contributed by atoms with van der Waals surface area (Å²) in [4.78, 5) is 0. The lowest BCUT2D eigenvalue weighted by atomic mass is 10.0. The average Bonchev–Trinajstić information content (AvgIpc) is 2.51. The zero-order valence-corrected chi connectivity index (χ0v) is 16.1. The van der Waals surface area contributed by atoms with Crippen LogP contribution in [-0.2, 0) is 0 Å². The number of allylic oxidation sites excluding steroid dienone is 1. The Hall–Kier alpha value is -1.27. The first kappa shape index (κ1) is 17.1. The fourth-order valence-electron chi connectivity index (χ4n) is 1.92. The van der Waals surface area contributed by atoms with E-state index in [4.69, 9.17) is 4.74 Å². The van der Waals surface area contributed by atoms with Crippen LogP contribution in [0.2, 0.25) is 0 Å². The molecule has 0 atom stereocenters. The van der Waals surface area contributed by atoms with E-state index in [0.29, 0.717) is 21.5 Å². The van der Waals surface area contributed by atoms with Gasteiger partial charge in [0.05, 0.1) is 21.8 Å². The third kappa shape index (κ3) is 4.14. The highest BCUT2D eigenvalue weighted by atomic mass is 127. The molecule has 5 heteroatoms. The van der Waals surface area contributed by atoms with Crippen LogP contribution in [0.3, 0.4) is 0 Å². The predicted octanol–water partition coefficient (Wildman–Crippen LogP) is 5.06. The molecule has 0 saturated carbocycles. The summed E-state index contributed by atoms with van der Waals surface area (Å²) >= 11 is 4.28. The predicted molar refractivity (Wildman–Crippen MR) is 105 cm³/mol. The van der Waals surface area contributed by atoms with E-state index in [9.17, 15) is 10.4 Å². The number of benzene rings is 2. The smallest absolute Gasteiger partial charge is 0.171 e. The summed E-state index contributed by atoms with van der Waals surface area (Å²) < 4.78 is 7.24. The molecule has 0 unspecified atom stereocenters. The largest absolute Gasteiger partial charge is 0.504 e. The zero-order chi connectivity index (χ0) is 16.1. The molecule has 112 valence electrons. The van der Waals surface area contributed by atoms with E-state index in [1.165, 1.54) is 0 Å². The van der Waals surface area contributed by atoms with Gasteiger partial charge in [0.15, 0.2) is 11.5 Å². The molecule has 0 aliphatic carbocycles. The molecule has 22 heavy (non-hydrogen) atoms. The number of ether oxygens (including phenoxy) is 1. The first-order valence-corrected chi connectivity index (χ1v) is 8.74. The molecule has 2 aromatic carbocycles. The van der Waals surface area contributed by atoms with E-state index in [0.717, 1.165) is 14.7 Å². The Bertz CT molecular complexity index is 746. The van der Waals surface area contributed by atoms with E-state index in [-0.39, 0.29) is 5.75 Å². The second-order valence-corrected chi connectivity index (χ2v) is 6.87. The topological polar surface area (TPSA) is 53.2 Å². The Morgan fingerprint density at radius 2 is 1.95 bits per heavy atom. The van der Waals surface area contributed by atoms with Crippen LogP contribution in [0.4, 0.5) is 0 Å². The monoisotopic (exact) mass is 517 g/mol. The SMILES string of the molecule is CCOc1cc(/C=C(/C#N)c2ccc(I)cc2)cc(I)c1O. The summed E-state index contributed by atoms with van der Waals surface area (Å²) in [7, 11) is 0. The second kappa shape index (κ2) is 7.83. The van der Waals surface area contributed by atoms with Crippen molar-refractivity contribution in [1.82, 2.24) is 0 Å². The van der Waals surface area contributed by atoms with Gasteiger partial charge < -0.3 is 9.84 Å². The molecule has 0 radical (unpaired) electrons. The van der Waals surface area contributed by atoms with Gasteiger partial charge in [-0.05, 0) is 93.6 Å². The molecule has 0 saturated heterocycles. The highest BCUT2D eigenvalue weighted by Crippen LogP contribution is 2.34. The van der Waals surface area contributed by atoms with Crippen molar-refractivity contribution in [3.8, 4) is 17.6 Å². The molecule has 0 bridgehead atoms. The molecule has 0 spiro atoms. The van der Waals surface area contributed by atoms with Crippen LogP contribution in [0, 0.1) is 18.5 Å². The van der Waals surface area contributed by atoms with Crippen LogP contribution in [0.1, 0.15) is 18.1 Å². The molecule has 0 aromatic heterocycles. The van der Waals surface area contributed by atoms with Crippen molar-refractivity contribution in [2.24, 2.45) is 0 Å². The van der Waals surface area contributed by atoms with E-state index in [1.807, 2.05) is 59.8 Å². The van der Waals surface area contributed by atoms with Crippen LogP contribution >= 0.6 is 45.2 Å². The van der Waals surface area contributed by atoms with Gasteiger partial charge in [-0.1, -0.05) is 12.1 Å². The molecule has 2 aromatic rings. The number of aromatic hydroxyl groups is 1. The minimum absolute atomic E-state index is 0.132. The van der Waals surface area contributed by atoms with Crippen LogP contribution in [0.15, 0.2) is 36.4 Å². The first-order chi connectivity index (χ1) is 10.5. The number of phenolic OH excluding ortho intramolecular Hbond substituents is 1. The lowest BCUT2D eigenvalue weighted by Crippen LogP contribution is -1.94. The lowest BCUT2D eigenvalue weighted by Gasteiger charge is -2.09. The van der Waals surface area contributed by atoms with Crippen LogP contribution in [0.25, 0.3) is 11.6 Å². The van der Waals surface area contributed by atoms with Crippen molar-refractivity contribution in [2.75, 3.05) is 6.61 Å². The zero-order valence-electron chi connectivity index (χ0n) is 11.8. The molecule has 0 aliphatic heterocycles. The summed E-state index contributed by atoms with van der Waals surface area (Å²) in [6, 6.07) is 13.6. The number of hydrogen-bond donors (Lipinski definition) is 1. The normalized spacial score (nSPS) is 11.1. The molecule has 2 rings (SSSR count). The number of nitrogens with zero attached hydrogens (tertiary/aromatic N) is 1. The average molecular weight is 517 g/mol. The van der Waals surface area contributed by atoms with Crippen molar-refractivity contribution >= 4 is 56.8 Å². The Morgan fingerprint density at radius 1 is 1.27 bits per heavy atom. The van der Waals surface area contributed by atoms with E-state index >= 15 is 0 Å². The van der Waals surface area contributed by atoms with Gasteiger partial charge >= 0.3 is 0 Å². The Kier molecular flexibility index (Phi) is 6.08. The quantitative estimate of drug-likeness (QED) is 0.351. The van der Waals surface area contributed by atoms with Crippen LogP contribution in [0.5, 0.6) is 11.5 Å². The van der Waals surface area contributed by atoms with E-state index < -0.39 is 0 Å². The van der Waals surface area contributed by atoms with Crippen LogP contribution in [-0.4, -0.2) is 11.7 Å². The number of nitriles is 1. The maximum atomic E-state index is 9.97. The van der Waals surface area contributed by atoms with Crippen molar-refractivity contribution in [2.45, 2.75) is 6.92 Å². The maximum absolute atomic E-state index is 9.97. The second-order valence-electron chi connectivity index (χ2n) is 4.46. The van der Waals surface area contributed by atoms with Crippen LogP contribution < -0.4 is 4.74 Å². The van der Waals surface area contributed by atoms with Gasteiger partial charge in [0.25, 0.3) is 0 Å². The van der Waals surface area contributed by atoms with Crippen molar-refractivity contribution in [3.63, 3.8) is 0 Å². The third-order valence-corrected chi connectivity index (χ3v) is 4.48.